The number of fused-ring (bicyclic) bond motifs is 6. The molecule has 0 unspecified atom stereocenters. The number of rotatable bonds is 2. The van der Waals surface area contributed by atoms with Gasteiger partial charge < -0.3 is 24.1 Å². The summed E-state index contributed by atoms with van der Waals surface area (Å²) in [7, 11) is 5.40. The van der Waals surface area contributed by atoms with E-state index in [1.54, 1.807) is 14.2 Å². The average Bonchev–Trinajstić information content (AvgIpc) is 3.12. The summed E-state index contributed by atoms with van der Waals surface area (Å²) in [4.78, 5) is 2.28. The second kappa shape index (κ2) is 6.04. The molecular weight excluding hydrogens is 346 g/mol. The number of nitrogens with zero attached hydrogens (tertiary/aromatic N) is 1. The normalized spacial score (nSPS) is 25.4. The Kier molecular flexibility index (Phi) is 3.74. The Morgan fingerprint density at radius 1 is 1.07 bits per heavy atom. The van der Waals surface area contributed by atoms with E-state index in [-0.39, 0.29) is 18.8 Å². The standard InChI is InChI=1S/C21H23NO5/c1-22-9-14-12(4-5-16(24-2)21(14)25-3)19-15(23)6-11-7-17-18(27-10-26-17)8-13(11)20(19)22/h4-5,7-8,15,19-20,23H,6,9-10H2,1-3H3/t15-,19+,20-/m1/s1. The van der Waals surface area contributed by atoms with E-state index in [2.05, 4.69) is 24.1 Å². The molecule has 0 radical (unpaired) electrons. The first kappa shape index (κ1) is 16.7. The summed E-state index contributed by atoms with van der Waals surface area (Å²) >= 11 is 0. The molecule has 3 atom stereocenters. The van der Waals surface area contributed by atoms with Crippen LogP contribution in [0.5, 0.6) is 23.0 Å². The Morgan fingerprint density at radius 2 is 1.85 bits per heavy atom. The second-order valence-electron chi connectivity index (χ2n) is 7.43. The maximum atomic E-state index is 11.1. The van der Waals surface area contributed by atoms with Crippen LogP contribution in [0.25, 0.3) is 0 Å². The molecule has 0 saturated carbocycles. The summed E-state index contributed by atoms with van der Waals surface area (Å²) < 4.78 is 22.3. The summed E-state index contributed by atoms with van der Waals surface area (Å²) in [5.74, 6) is 2.99. The second-order valence-corrected chi connectivity index (χ2v) is 7.43. The SMILES string of the molecule is COc1ccc2c(c1OC)CN(C)[C@@H]1c3cc4c(cc3C[C@@H](O)[C@H]21)OCO4. The highest BCUT2D eigenvalue weighted by atomic mass is 16.7. The fourth-order valence-corrected chi connectivity index (χ4v) is 4.93. The van der Waals surface area contributed by atoms with E-state index in [1.807, 2.05) is 12.1 Å². The van der Waals surface area contributed by atoms with Crippen LogP contribution in [0.2, 0.25) is 0 Å². The molecule has 2 aromatic rings. The molecule has 2 heterocycles. The molecule has 0 fully saturated rings. The zero-order valence-corrected chi connectivity index (χ0v) is 15.7. The molecule has 142 valence electrons. The van der Waals surface area contributed by atoms with Crippen LogP contribution < -0.4 is 18.9 Å². The molecule has 6 nitrogen and oxygen atoms in total. The Bertz CT molecular complexity index is 912. The molecule has 0 amide bonds. The zero-order chi connectivity index (χ0) is 18.7. The van der Waals surface area contributed by atoms with Crippen LogP contribution in [0.3, 0.4) is 0 Å². The maximum absolute atomic E-state index is 11.1. The topological polar surface area (TPSA) is 60.4 Å². The lowest BCUT2D eigenvalue weighted by Crippen LogP contribution is -2.43. The number of hydrogen-bond acceptors (Lipinski definition) is 6. The smallest absolute Gasteiger partial charge is 0.231 e. The lowest BCUT2D eigenvalue weighted by molar-refractivity contribution is 0.0590. The van der Waals surface area contributed by atoms with E-state index in [0.717, 1.165) is 46.2 Å². The summed E-state index contributed by atoms with van der Waals surface area (Å²) in [5.41, 5.74) is 4.55. The van der Waals surface area contributed by atoms with Crippen LogP contribution in [0.15, 0.2) is 24.3 Å². The monoisotopic (exact) mass is 369 g/mol. The number of benzene rings is 2. The molecular formula is C21H23NO5. The van der Waals surface area contributed by atoms with Gasteiger partial charge in [0.05, 0.1) is 20.3 Å². The van der Waals surface area contributed by atoms with Crippen LogP contribution in [0.4, 0.5) is 0 Å². The fourth-order valence-electron chi connectivity index (χ4n) is 4.93. The van der Waals surface area contributed by atoms with E-state index < -0.39 is 6.10 Å². The highest BCUT2D eigenvalue weighted by Crippen LogP contribution is 2.53. The molecule has 2 aromatic carbocycles. The molecule has 1 N–H and O–H groups in total. The molecule has 3 aliphatic rings. The van der Waals surface area contributed by atoms with Gasteiger partial charge >= 0.3 is 0 Å². The van der Waals surface area contributed by atoms with Gasteiger partial charge in [-0.2, -0.15) is 0 Å². The lowest BCUT2D eigenvalue weighted by Gasteiger charge is -2.46. The number of ether oxygens (including phenoxy) is 4. The third-order valence-corrected chi connectivity index (χ3v) is 6.06. The van der Waals surface area contributed by atoms with Gasteiger partial charge in [0.1, 0.15) is 0 Å². The maximum Gasteiger partial charge on any atom is 0.231 e. The van der Waals surface area contributed by atoms with Crippen molar-refractivity contribution in [2.75, 3.05) is 28.1 Å². The van der Waals surface area contributed by atoms with Gasteiger partial charge in [0.2, 0.25) is 6.79 Å². The number of likely N-dealkylation sites (N-methyl/N-ethyl adjacent to an activating group) is 1. The lowest BCUT2D eigenvalue weighted by atomic mass is 9.70. The number of aliphatic hydroxyl groups is 1. The van der Waals surface area contributed by atoms with E-state index in [4.69, 9.17) is 18.9 Å². The molecule has 0 bridgehead atoms. The van der Waals surface area contributed by atoms with Gasteiger partial charge in [-0.3, -0.25) is 4.90 Å². The van der Waals surface area contributed by atoms with Gasteiger partial charge in [-0.25, -0.2) is 0 Å². The molecule has 0 aromatic heterocycles. The third-order valence-electron chi connectivity index (χ3n) is 6.06. The highest BCUT2D eigenvalue weighted by Gasteiger charge is 2.44. The van der Waals surface area contributed by atoms with E-state index in [0.29, 0.717) is 6.42 Å². The van der Waals surface area contributed by atoms with Crippen LogP contribution >= 0.6 is 0 Å². The number of aliphatic hydroxyl groups excluding tert-OH is 1. The molecule has 1 aliphatic carbocycles. The molecule has 2 aliphatic heterocycles. The summed E-state index contributed by atoms with van der Waals surface area (Å²) in [6, 6.07) is 8.19. The van der Waals surface area contributed by atoms with Gasteiger partial charge in [0.25, 0.3) is 0 Å². The van der Waals surface area contributed by atoms with Crippen LogP contribution in [0.1, 0.15) is 34.2 Å². The van der Waals surface area contributed by atoms with Crippen molar-refractivity contribution in [2.45, 2.75) is 31.0 Å². The zero-order valence-electron chi connectivity index (χ0n) is 15.7. The molecule has 6 heteroatoms. The predicted molar refractivity (Wildman–Crippen MR) is 98.8 cm³/mol. The van der Waals surface area contributed by atoms with Gasteiger partial charge in [-0.05, 0) is 48.4 Å². The Hall–Kier alpha value is -2.44. The average molecular weight is 369 g/mol. The summed E-state index contributed by atoms with van der Waals surface area (Å²) in [6.07, 6.45) is 0.108. The molecule has 5 rings (SSSR count). The molecule has 0 spiro atoms. The largest absolute Gasteiger partial charge is 0.493 e. The third kappa shape index (κ3) is 2.33. The Balaban J connectivity index is 1.67. The first-order valence-electron chi connectivity index (χ1n) is 9.16. The van der Waals surface area contributed by atoms with Crippen molar-refractivity contribution in [3.05, 3.63) is 46.5 Å². The van der Waals surface area contributed by atoms with E-state index >= 15 is 0 Å². The van der Waals surface area contributed by atoms with Crippen molar-refractivity contribution in [2.24, 2.45) is 0 Å². The first-order chi connectivity index (χ1) is 13.1. The summed E-state index contributed by atoms with van der Waals surface area (Å²) in [6.45, 7) is 0.974. The minimum absolute atomic E-state index is 0.0357. The Morgan fingerprint density at radius 3 is 2.59 bits per heavy atom. The molecule has 0 saturated heterocycles. The van der Waals surface area contributed by atoms with Gasteiger partial charge in [0.15, 0.2) is 23.0 Å². The van der Waals surface area contributed by atoms with E-state index in [1.165, 1.54) is 5.56 Å². The van der Waals surface area contributed by atoms with Crippen molar-refractivity contribution in [1.29, 1.82) is 0 Å². The minimum atomic E-state index is -0.484. The number of hydrogen-bond donors (Lipinski definition) is 1. The quantitative estimate of drug-likeness (QED) is 0.878. The van der Waals surface area contributed by atoms with Crippen molar-refractivity contribution < 1.29 is 24.1 Å². The van der Waals surface area contributed by atoms with Crippen LogP contribution in [-0.2, 0) is 13.0 Å². The predicted octanol–water partition coefficient (Wildman–Crippen LogP) is 2.62. The van der Waals surface area contributed by atoms with E-state index in [9.17, 15) is 5.11 Å². The highest BCUT2D eigenvalue weighted by molar-refractivity contribution is 5.57. The van der Waals surface area contributed by atoms with Gasteiger partial charge in [-0.1, -0.05) is 6.07 Å². The first-order valence-corrected chi connectivity index (χ1v) is 9.16. The van der Waals surface area contributed by atoms with Crippen molar-refractivity contribution >= 4 is 0 Å². The van der Waals surface area contributed by atoms with Crippen LogP contribution in [0, 0.1) is 0 Å². The summed E-state index contributed by atoms with van der Waals surface area (Å²) in [5, 5.41) is 11.1. The minimum Gasteiger partial charge on any atom is -0.493 e. The Labute approximate surface area is 158 Å². The van der Waals surface area contributed by atoms with Gasteiger partial charge in [0, 0.05) is 24.1 Å². The fraction of sp³-hybridized carbons (Fsp3) is 0.429. The molecule has 27 heavy (non-hydrogen) atoms. The number of methoxy groups -OCH3 is 2. The van der Waals surface area contributed by atoms with Gasteiger partial charge in [-0.15, -0.1) is 0 Å². The van der Waals surface area contributed by atoms with Crippen molar-refractivity contribution in [3.63, 3.8) is 0 Å². The van der Waals surface area contributed by atoms with Crippen molar-refractivity contribution in [1.82, 2.24) is 4.90 Å². The van der Waals surface area contributed by atoms with Crippen LogP contribution in [-0.4, -0.2) is 44.2 Å². The van der Waals surface area contributed by atoms with Crippen molar-refractivity contribution in [3.8, 4) is 23.0 Å².